The van der Waals surface area contributed by atoms with Crippen molar-refractivity contribution in [1.82, 2.24) is 0 Å². The molecule has 2 unspecified atom stereocenters. The molecule has 0 bridgehead atoms. The van der Waals surface area contributed by atoms with Crippen molar-refractivity contribution < 1.29 is 80.2 Å². The SMILES string of the molecule is CCCCCCCCCCCCCCCCC(=O)OC[C@H](COP(=O)(O)OC[C@@H](O)COP(=O)(O)OC[C@@H](COC(=O)CCCCCCCCCC)OC(=O)CCCCCCCCCCCCCCC)OC(=O)CCCCCCCCCCCCCCC(C)C. The molecular formula is C71H138O17P2. The highest BCUT2D eigenvalue weighted by atomic mass is 31.2. The highest BCUT2D eigenvalue weighted by Gasteiger charge is 2.30. The van der Waals surface area contributed by atoms with Gasteiger partial charge in [0, 0.05) is 25.7 Å². The molecule has 0 aromatic rings. The fourth-order valence-corrected chi connectivity index (χ4v) is 12.4. The van der Waals surface area contributed by atoms with Gasteiger partial charge in [0.15, 0.2) is 12.2 Å². The van der Waals surface area contributed by atoms with Gasteiger partial charge in [0.1, 0.15) is 19.3 Å². The van der Waals surface area contributed by atoms with Crippen molar-refractivity contribution in [2.24, 2.45) is 5.92 Å². The van der Waals surface area contributed by atoms with Crippen LogP contribution < -0.4 is 0 Å². The monoisotopic (exact) mass is 1320 g/mol. The van der Waals surface area contributed by atoms with E-state index < -0.39 is 97.5 Å². The zero-order valence-electron chi connectivity index (χ0n) is 58.3. The molecule has 0 radical (unpaired) electrons. The van der Waals surface area contributed by atoms with Crippen molar-refractivity contribution in [3.05, 3.63) is 0 Å². The number of aliphatic hydroxyl groups excluding tert-OH is 1. The third kappa shape index (κ3) is 64.8. The van der Waals surface area contributed by atoms with Crippen molar-refractivity contribution in [2.75, 3.05) is 39.6 Å². The summed E-state index contributed by atoms with van der Waals surface area (Å²) in [5.74, 6) is -1.34. The number of rotatable bonds is 71. The first-order chi connectivity index (χ1) is 43.5. The molecule has 0 rings (SSSR count). The molecule has 5 atom stereocenters. The molecule has 19 heteroatoms. The van der Waals surface area contributed by atoms with E-state index in [1.54, 1.807) is 0 Å². The van der Waals surface area contributed by atoms with Gasteiger partial charge in [-0.15, -0.1) is 0 Å². The molecule has 17 nitrogen and oxygen atoms in total. The Balaban J connectivity index is 5.22. The summed E-state index contributed by atoms with van der Waals surface area (Å²) in [4.78, 5) is 72.5. The van der Waals surface area contributed by atoms with Crippen LogP contribution in [0.15, 0.2) is 0 Å². The standard InChI is InChI=1S/C71H138O17P2/c1-6-9-12-15-18-21-23-25-27-31-35-40-45-50-55-69(74)82-61-67(88-71(76)57-52-47-42-37-33-29-28-30-34-38-43-48-53-64(4)5)63-86-90(79,80)84-59-65(72)58-83-89(77,78)85-62-66(60-81-68(73)54-49-44-39-20-17-14-11-8-3)87-70(75)56-51-46-41-36-32-26-24-22-19-16-13-10-7-2/h64-67,72H,6-63H2,1-5H3,(H,77,78)(H,79,80)/t65-,66+,67+/m0/s1. The van der Waals surface area contributed by atoms with Crippen LogP contribution in [0.25, 0.3) is 0 Å². The number of carbonyl (C=O) groups excluding carboxylic acids is 4. The van der Waals surface area contributed by atoms with Crippen molar-refractivity contribution in [2.45, 2.75) is 387 Å². The van der Waals surface area contributed by atoms with Crippen molar-refractivity contribution in [3.8, 4) is 0 Å². The lowest BCUT2D eigenvalue weighted by Gasteiger charge is -2.21. The Bertz CT molecular complexity index is 1740. The van der Waals surface area contributed by atoms with Crippen LogP contribution in [0, 0.1) is 5.92 Å². The van der Waals surface area contributed by atoms with Crippen molar-refractivity contribution in [1.29, 1.82) is 0 Å². The number of hydrogen-bond acceptors (Lipinski definition) is 15. The summed E-state index contributed by atoms with van der Waals surface area (Å²) in [5, 5.41) is 10.6. The molecule has 0 amide bonds. The third-order valence-corrected chi connectivity index (χ3v) is 18.4. The van der Waals surface area contributed by atoms with Gasteiger partial charge >= 0.3 is 39.5 Å². The van der Waals surface area contributed by atoms with Crippen molar-refractivity contribution in [3.63, 3.8) is 0 Å². The van der Waals surface area contributed by atoms with Crippen LogP contribution in [0.4, 0.5) is 0 Å². The first-order valence-electron chi connectivity index (χ1n) is 37.1. The Kier molecular flexibility index (Phi) is 63.0. The number of hydrogen-bond donors (Lipinski definition) is 3. The Labute approximate surface area is 549 Å². The fourth-order valence-electron chi connectivity index (χ4n) is 10.8. The second-order valence-corrected chi connectivity index (χ2v) is 29.0. The number of unbranched alkanes of at least 4 members (excludes halogenated alkanes) is 43. The van der Waals surface area contributed by atoms with Gasteiger partial charge in [0.25, 0.3) is 0 Å². The highest BCUT2D eigenvalue weighted by molar-refractivity contribution is 7.47. The largest absolute Gasteiger partial charge is 0.472 e. The Hall–Kier alpha value is -1.94. The average molecular weight is 1330 g/mol. The zero-order chi connectivity index (χ0) is 66.3. The predicted octanol–water partition coefficient (Wildman–Crippen LogP) is 20.5. The zero-order valence-corrected chi connectivity index (χ0v) is 60.1. The lowest BCUT2D eigenvalue weighted by molar-refractivity contribution is -0.161. The quantitative estimate of drug-likeness (QED) is 0.0222. The van der Waals surface area contributed by atoms with Gasteiger partial charge in [-0.2, -0.15) is 0 Å². The summed E-state index contributed by atoms with van der Waals surface area (Å²) in [5.41, 5.74) is 0. The van der Waals surface area contributed by atoms with E-state index in [0.29, 0.717) is 25.7 Å². The molecule has 90 heavy (non-hydrogen) atoms. The van der Waals surface area contributed by atoms with E-state index >= 15 is 0 Å². The molecule has 0 aliphatic rings. The second-order valence-electron chi connectivity index (χ2n) is 26.1. The van der Waals surface area contributed by atoms with Gasteiger partial charge in [-0.1, -0.05) is 317 Å². The van der Waals surface area contributed by atoms with Crippen LogP contribution in [0.1, 0.15) is 369 Å². The molecular weight excluding hydrogens is 1190 g/mol. The Morgan fingerprint density at radius 2 is 0.511 bits per heavy atom. The Morgan fingerprint density at radius 1 is 0.300 bits per heavy atom. The van der Waals surface area contributed by atoms with Crippen molar-refractivity contribution >= 4 is 39.5 Å². The maximum Gasteiger partial charge on any atom is 0.472 e. The summed E-state index contributed by atoms with van der Waals surface area (Å²) in [7, 11) is -9.90. The van der Waals surface area contributed by atoms with Crippen LogP contribution in [0.5, 0.6) is 0 Å². The van der Waals surface area contributed by atoms with Gasteiger partial charge in [-0.05, 0) is 31.6 Å². The van der Waals surface area contributed by atoms with Gasteiger partial charge in [0.05, 0.1) is 26.4 Å². The molecule has 0 fully saturated rings. The molecule has 534 valence electrons. The number of ether oxygens (including phenoxy) is 4. The minimum Gasteiger partial charge on any atom is -0.462 e. The number of aliphatic hydroxyl groups is 1. The number of phosphoric ester groups is 2. The fraction of sp³-hybridized carbons (Fsp3) is 0.944. The minimum atomic E-state index is -4.95. The van der Waals surface area contributed by atoms with Crippen LogP contribution in [-0.4, -0.2) is 96.7 Å². The molecule has 0 aromatic heterocycles. The first-order valence-corrected chi connectivity index (χ1v) is 40.1. The number of esters is 4. The summed E-state index contributed by atoms with van der Waals surface area (Å²) in [6.45, 7) is 7.25. The molecule has 0 heterocycles. The lowest BCUT2D eigenvalue weighted by atomic mass is 10.0. The van der Waals surface area contributed by atoms with Gasteiger partial charge in [-0.25, -0.2) is 9.13 Å². The number of carbonyl (C=O) groups is 4. The molecule has 0 saturated carbocycles. The van der Waals surface area contributed by atoms with Gasteiger partial charge < -0.3 is 33.8 Å². The summed E-state index contributed by atoms with van der Waals surface area (Å²) >= 11 is 0. The smallest absolute Gasteiger partial charge is 0.462 e. The van der Waals surface area contributed by atoms with E-state index in [1.165, 1.54) is 186 Å². The van der Waals surface area contributed by atoms with E-state index in [2.05, 4.69) is 34.6 Å². The molecule has 3 N–H and O–H groups in total. The Morgan fingerprint density at radius 3 is 0.756 bits per heavy atom. The maximum absolute atomic E-state index is 13.0. The minimum absolute atomic E-state index is 0.108. The number of phosphoric acid groups is 2. The topological polar surface area (TPSA) is 237 Å². The van der Waals surface area contributed by atoms with E-state index in [4.69, 9.17) is 37.0 Å². The van der Waals surface area contributed by atoms with Crippen LogP contribution in [0.3, 0.4) is 0 Å². The van der Waals surface area contributed by atoms with E-state index in [0.717, 1.165) is 102 Å². The van der Waals surface area contributed by atoms with Crippen LogP contribution in [0.2, 0.25) is 0 Å². The third-order valence-electron chi connectivity index (χ3n) is 16.5. The van der Waals surface area contributed by atoms with Crippen LogP contribution in [-0.2, 0) is 65.4 Å². The molecule has 0 saturated heterocycles. The maximum atomic E-state index is 13.0. The summed E-state index contributed by atoms with van der Waals surface area (Å²) < 4.78 is 68.3. The molecule has 0 aliphatic carbocycles. The van der Waals surface area contributed by atoms with E-state index in [1.807, 2.05) is 0 Å². The average Bonchev–Trinajstić information content (AvgIpc) is 3.64. The van der Waals surface area contributed by atoms with Gasteiger partial charge in [-0.3, -0.25) is 37.3 Å². The molecule has 0 aromatic carbocycles. The predicted molar refractivity (Wildman–Crippen MR) is 363 cm³/mol. The summed E-state index contributed by atoms with van der Waals surface area (Å²) in [6.07, 6.45) is 51.2. The van der Waals surface area contributed by atoms with E-state index in [9.17, 15) is 43.2 Å². The van der Waals surface area contributed by atoms with Gasteiger partial charge in [0.2, 0.25) is 0 Å². The second kappa shape index (κ2) is 64.4. The molecule has 0 spiro atoms. The van der Waals surface area contributed by atoms with Crippen LogP contribution >= 0.6 is 15.6 Å². The molecule has 0 aliphatic heterocycles. The van der Waals surface area contributed by atoms with E-state index in [-0.39, 0.29) is 25.7 Å². The first kappa shape index (κ1) is 88.1. The summed E-state index contributed by atoms with van der Waals surface area (Å²) in [6, 6.07) is 0. The lowest BCUT2D eigenvalue weighted by Crippen LogP contribution is -2.30. The highest BCUT2D eigenvalue weighted by Crippen LogP contribution is 2.45. The normalized spacial score (nSPS) is 14.1.